The van der Waals surface area contributed by atoms with Crippen LogP contribution in [-0.2, 0) is 9.59 Å². The van der Waals surface area contributed by atoms with Gasteiger partial charge in [0.1, 0.15) is 11.6 Å². The van der Waals surface area contributed by atoms with Gasteiger partial charge in [0.25, 0.3) is 5.91 Å². The molecule has 0 aromatic heterocycles. The van der Waals surface area contributed by atoms with E-state index in [0.717, 1.165) is 5.56 Å². The Kier molecular flexibility index (Phi) is 4.04. The molecule has 3 N–H and O–H groups in total. The molecular weight excluding hydrogens is 308 g/mol. The summed E-state index contributed by atoms with van der Waals surface area (Å²) in [7, 11) is 0. The van der Waals surface area contributed by atoms with E-state index in [-0.39, 0.29) is 24.5 Å². The van der Waals surface area contributed by atoms with Crippen LogP contribution < -0.4 is 11.1 Å². The lowest BCUT2D eigenvalue weighted by molar-refractivity contribution is -0.132. The topological polar surface area (TPSA) is 95.7 Å². The summed E-state index contributed by atoms with van der Waals surface area (Å²) in [5, 5.41) is 2.83. The molecule has 24 heavy (non-hydrogen) atoms. The third kappa shape index (κ3) is 2.54. The zero-order chi connectivity index (χ0) is 17.5. The van der Waals surface area contributed by atoms with Crippen molar-refractivity contribution in [2.24, 2.45) is 5.73 Å². The molecule has 0 saturated carbocycles. The molecule has 7 nitrogen and oxygen atoms in total. The highest BCUT2D eigenvalue weighted by molar-refractivity contribution is 6.07. The first-order chi connectivity index (χ1) is 11.4. The summed E-state index contributed by atoms with van der Waals surface area (Å²) in [6.07, 6.45) is 0.470. The Morgan fingerprint density at radius 2 is 1.92 bits per heavy atom. The van der Waals surface area contributed by atoms with Crippen molar-refractivity contribution in [3.8, 4) is 0 Å². The van der Waals surface area contributed by atoms with Crippen LogP contribution >= 0.6 is 0 Å². The number of benzene rings is 1. The van der Waals surface area contributed by atoms with E-state index < -0.39 is 17.5 Å². The van der Waals surface area contributed by atoms with E-state index in [1.165, 1.54) is 4.90 Å². The third-order valence-corrected chi connectivity index (χ3v) is 4.76. The van der Waals surface area contributed by atoms with Crippen molar-refractivity contribution in [1.29, 1.82) is 0 Å². The molecule has 4 amide bonds. The van der Waals surface area contributed by atoms with Crippen molar-refractivity contribution in [3.05, 3.63) is 35.9 Å². The van der Waals surface area contributed by atoms with Gasteiger partial charge in [-0.05, 0) is 25.8 Å². The molecule has 2 aliphatic rings. The summed E-state index contributed by atoms with van der Waals surface area (Å²) in [6.45, 7) is 4.41. The first kappa shape index (κ1) is 16.4. The largest absolute Gasteiger partial charge is 0.368 e. The summed E-state index contributed by atoms with van der Waals surface area (Å²) >= 11 is 0. The van der Waals surface area contributed by atoms with E-state index in [4.69, 9.17) is 5.73 Å². The van der Waals surface area contributed by atoms with E-state index >= 15 is 0 Å². The third-order valence-electron chi connectivity index (χ3n) is 4.76. The minimum Gasteiger partial charge on any atom is -0.368 e. The maximum atomic E-state index is 12.8. The van der Waals surface area contributed by atoms with Crippen molar-refractivity contribution in [3.63, 3.8) is 0 Å². The normalized spacial score (nSPS) is 25.5. The molecule has 2 fully saturated rings. The molecule has 0 radical (unpaired) electrons. The second-order valence-electron chi connectivity index (χ2n) is 6.72. The quantitative estimate of drug-likeness (QED) is 0.791. The number of hydrogen-bond donors (Lipinski definition) is 2. The number of urea groups is 1. The van der Waals surface area contributed by atoms with Crippen LogP contribution in [0.1, 0.15) is 31.9 Å². The van der Waals surface area contributed by atoms with Crippen molar-refractivity contribution < 1.29 is 14.4 Å². The molecule has 1 spiro atoms. The number of carbonyl (C=O) groups excluding carboxylic acids is 3. The minimum absolute atomic E-state index is 0.202. The molecule has 0 aliphatic carbocycles. The molecule has 1 aromatic carbocycles. The first-order valence-corrected chi connectivity index (χ1v) is 8.10. The number of imide groups is 1. The molecule has 2 aliphatic heterocycles. The van der Waals surface area contributed by atoms with E-state index in [2.05, 4.69) is 5.32 Å². The minimum atomic E-state index is -0.955. The summed E-state index contributed by atoms with van der Waals surface area (Å²) in [4.78, 5) is 40.0. The zero-order valence-corrected chi connectivity index (χ0v) is 13.9. The zero-order valence-electron chi connectivity index (χ0n) is 13.9. The van der Waals surface area contributed by atoms with Gasteiger partial charge in [-0.2, -0.15) is 0 Å². The highest BCUT2D eigenvalue weighted by Crippen LogP contribution is 2.34. The van der Waals surface area contributed by atoms with E-state index in [9.17, 15) is 14.4 Å². The number of carbonyl (C=O) groups is 3. The van der Waals surface area contributed by atoms with Gasteiger partial charge < -0.3 is 11.1 Å². The lowest BCUT2D eigenvalue weighted by Gasteiger charge is -2.27. The summed E-state index contributed by atoms with van der Waals surface area (Å²) in [5.41, 5.74) is 5.45. The fourth-order valence-electron chi connectivity index (χ4n) is 3.64. The van der Waals surface area contributed by atoms with Crippen LogP contribution in [0, 0.1) is 0 Å². The Bertz CT molecular complexity index is 676. The molecule has 0 unspecified atom stereocenters. The number of amides is 4. The fourth-order valence-corrected chi connectivity index (χ4v) is 3.64. The van der Waals surface area contributed by atoms with Crippen LogP contribution in [0.5, 0.6) is 0 Å². The number of nitrogens with one attached hydrogen (secondary N) is 1. The highest BCUT2D eigenvalue weighted by Gasteiger charge is 2.56. The van der Waals surface area contributed by atoms with E-state index in [1.54, 1.807) is 13.8 Å². The summed E-state index contributed by atoms with van der Waals surface area (Å²) in [5.74, 6) is -0.683. The Hall–Kier alpha value is -2.41. The van der Waals surface area contributed by atoms with Crippen molar-refractivity contribution in [2.45, 2.75) is 37.9 Å². The van der Waals surface area contributed by atoms with Crippen LogP contribution in [0.4, 0.5) is 4.79 Å². The number of rotatable bonds is 4. The van der Waals surface area contributed by atoms with Gasteiger partial charge in [-0.1, -0.05) is 30.3 Å². The summed E-state index contributed by atoms with van der Waals surface area (Å²) in [6, 6.07) is 8.07. The molecule has 7 heteroatoms. The number of hydrogen-bond acceptors (Lipinski definition) is 4. The van der Waals surface area contributed by atoms with Gasteiger partial charge in [0, 0.05) is 19.1 Å². The van der Waals surface area contributed by atoms with Gasteiger partial charge in [-0.3, -0.25) is 19.4 Å². The maximum absolute atomic E-state index is 12.8. The second-order valence-corrected chi connectivity index (χ2v) is 6.72. The number of primary amides is 1. The van der Waals surface area contributed by atoms with Gasteiger partial charge in [0.05, 0.1) is 0 Å². The molecule has 2 atom stereocenters. The average Bonchev–Trinajstić information content (AvgIpc) is 3.02. The smallest absolute Gasteiger partial charge is 0.325 e. The van der Waals surface area contributed by atoms with Crippen LogP contribution in [-0.4, -0.2) is 52.3 Å². The Labute approximate surface area is 140 Å². The molecule has 2 saturated heterocycles. The van der Waals surface area contributed by atoms with Gasteiger partial charge in [0.2, 0.25) is 5.91 Å². The molecule has 2 heterocycles. The monoisotopic (exact) mass is 330 g/mol. The number of likely N-dealkylation sites (tertiary alicyclic amines) is 1. The van der Waals surface area contributed by atoms with Crippen molar-refractivity contribution in [2.75, 3.05) is 13.1 Å². The Balaban J connectivity index is 1.86. The van der Waals surface area contributed by atoms with Crippen molar-refractivity contribution in [1.82, 2.24) is 15.1 Å². The number of nitrogens with two attached hydrogens (primary N) is 1. The molecule has 128 valence electrons. The fraction of sp³-hybridized carbons (Fsp3) is 0.471. The van der Waals surface area contributed by atoms with Crippen LogP contribution in [0.3, 0.4) is 0 Å². The Morgan fingerprint density at radius 3 is 2.46 bits per heavy atom. The standard InChI is InChI=1S/C17H22N4O3/c1-11(2)21-15(23)17(19-16(21)24)8-9-20(10-17)13(14(18)22)12-6-4-3-5-7-12/h3-7,11,13H,8-10H2,1-2H3,(H2,18,22)(H,19,24)/t13-,17+/m0/s1. The molecule has 0 bridgehead atoms. The predicted molar refractivity (Wildman–Crippen MR) is 87.8 cm³/mol. The highest BCUT2D eigenvalue weighted by atomic mass is 16.2. The Morgan fingerprint density at radius 1 is 1.25 bits per heavy atom. The average molecular weight is 330 g/mol. The first-order valence-electron chi connectivity index (χ1n) is 8.10. The maximum Gasteiger partial charge on any atom is 0.325 e. The lowest BCUT2D eigenvalue weighted by Crippen LogP contribution is -2.50. The lowest BCUT2D eigenvalue weighted by atomic mass is 9.98. The van der Waals surface area contributed by atoms with E-state index in [0.29, 0.717) is 13.0 Å². The van der Waals surface area contributed by atoms with Crippen molar-refractivity contribution >= 4 is 17.8 Å². The molecule has 1 aromatic rings. The van der Waals surface area contributed by atoms with Crippen LogP contribution in [0.2, 0.25) is 0 Å². The van der Waals surface area contributed by atoms with Crippen LogP contribution in [0.15, 0.2) is 30.3 Å². The number of nitrogens with zero attached hydrogens (tertiary/aromatic N) is 2. The molecule has 3 rings (SSSR count). The van der Waals surface area contributed by atoms with Gasteiger partial charge in [-0.25, -0.2) is 4.79 Å². The SMILES string of the molecule is CC(C)N1C(=O)N[C@@]2(CCN([C@H](C(N)=O)c3ccccc3)C2)C1=O. The van der Waals surface area contributed by atoms with Gasteiger partial charge >= 0.3 is 6.03 Å². The molecular formula is C17H22N4O3. The second kappa shape index (κ2) is 5.90. The summed E-state index contributed by atoms with van der Waals surface area (Å²) < 4.78 is 0. The van der Waals surface area contributed by atoms with Gasteiger partial charge in [-0.15, -0.1) is 0 Å². The van der Waals surface area contributed by atoms with Gasteiger partial charge in [0.15, 0.2) is 0 Å². The van der Waals surface area contributed by atoms with Crippen LogP contribution in [0.25, 0.3) is 0 Å². The van der Waals surface area contributed by atoms with E-state index in [1.807, 2.05) is 35.2 Å². The predicted octanol–water partition coefficient (Wildman–Crippen LogP) is 0.618.